The van der Waals surface area contributed by atoms with E-state index in [1.807, 2.05) is 0 Å². The molecule has 1 atom stereocenters. The molecule has 0 aliphatic heterocycles. The largest absolute Gasteiger partial charge is 0.481 e. The van der Waals surface area contributed by atoms with Crippen LogP contribution in [0.15, 0.2) is 46.7 Å². The first-order valence-electron chi connectivity index (χ1n) is 7.44. The fourth-order valence-corrected chi connectivity index (χ4v) is 2.32. The second-order valence-electron chi connectivity index (χ2n) is 4.95. The summed E-state index contributed by atoms with van der Waals surface area (Å²) in [5, 5.41) is 0. The van der Waals surface area contributed by atoms with E-state index >= 15 is 0 Å². The second kappa shape index (κ2) is 9.30. The van der Waals surface area contributed by atoms with Crippen molar-refractivity contribution in [2.75, 3.05) is 21.3 Å². The Labute approximate surface area is 158 Å². The summed E-state index contributed by atoms with van der Waals surface area (Å²) >= 11 is 3.30. The topological polar surface area (TPSA) is 66.9 Å². The molecule has 0 radical (unpaired) electrons. The van der Waals surface area contributed by atoms with Crippen LogP contribution in [0.4, 0.5) is 4.39 Å². The van der Waals surface area contributed by atoms with Crippen LogP contribution in [0, 0.1) is 0 Å². The lowest BCUT2D eigenvalue weighted by Crippen LogP contribution is -2.19. The SMILES string of the molecule is COC(=O)c1ccc(OC(OC)/C(F)=C/c2nc(OC)ccc2Br)cc1. The van der Waals surface area contributed by atoms with E-state index in [1.54, 1.807) is 12.1 Å². The average Bonchev–Trinajstić information content (AvgIpc) is 2.67. The Hall–Kier alpha value is -2.45. The molecule has 26 heavy (non-hydrogen) atoms. The summed E-state index contributed by atoms with van der Waals surface area (Å²) in [5.74, 6) is -0.489. The van der Waals surface area contributed by atoms with E-state index in [-0.39, 0.29) is 0 Å². The van der Waals surface area contributed by atoms with Crippen LogP contribution in [0.2, 0.25) is 0 Å². The first-order chi connectivity index (χ1) is 12.5. The first kappa shape index (κ1) is 19.9. The number of nitrogens with zero attached hydrogens (tertiary/aromatic N) is 1. The fraction of sp³-hybridized carbons (Fsp3) is 0.222. The van der Waals surface area contributed by atoms with Gasteiger partial charge in [-0.05, 0) is 46.3 Å². The summed E-state index contributed by atoms with van der Waals surface area (Å²) in [4.78, 5) is 15.6. The molecule has 0 amide bonds. The molecule has 2 rings (SSSR count). The summed E-state index contributed by atoms with van der Waals surface area (Å²) in [6, 6.07) is 9.40. The molecule has 0 bridgehead atoms. The van der Waals surface area contributed by atoms with E-state index in [4.69, 9.17) is 14.2 Å². The molecule has 6 nitrogen and oxygen atoms in total. The number of rotatable bonds is 7. The number of esters is 1. The van der Waals surface area contributed by atoms with Crippen molar-refractivity contribution in [3.63, 3.8) is 0 Å². The van der Waals surface area contributed by atoms with Gasteiger partial charge < -0.3 is 18.9 Å². The summed E-state index contributed by atoms with van der Waals surface area (Å²) in [6.07, 6.45) is -0.0947. The van der Waals surface area contributed by atoms with Crippen molar-refractivity contribution in [3.05, 3.63) is 58.0 Å². The molecule has 0 saturated heterocycles. The van der Waals surface area contributed by atoms with Crippen molar-refractivity contribution in [1.82, 2.24) is 4.98 Å². The summed E-state index contributed by atoms with van der Waals surface area (Å²) < 4.78 is 35.3. The van der Waals surface area contributed by atoms with Crippen molar-refractivity contribution in [3.8, 4) is 11.6 Å². The normalized spacial score (nSPS) is 12.4. The van der Waals surface area contributed by atoms with Crippen LogP contribution in [-0.4, -0.2) is 38.6 Å². The van der Waals surface area contributed by atoms with Crippen LogP contribution in [0.5, 0.6) is 11.6 Å². The van der Waals surface area contributed by atoms with Crippen LogP contribution in [0.25, 0.3) is 6.08 Å². The molecule has 1 aromatic carbocycles. The number of benzene rings is 1. The van der Waals surface area contributed by atoms with Gasteiger partial charge in [-0.3, -0.25) is 0 Å². The lowest BCUT2D eigenvalue weighted by atomic mass is 10.2. The number of carbonyl (C=O) groups is 1. The molecule has 0 aliphatic rings. The van der Waals surface area contributed by atoms with Crippen molar-refractivity contribution >= 4 is 28.0 Å². The molecule has 0 aliphatic carbocycles. The highest BCUT2D eigenvalue weighted by atomic mass is 79.9. The molecular formula is C18H17BrFNO5. The van der Waals surface area contributed by atoms with E-state index in [0.717, 1.165) is 0 Å². The number of aromatic nitrogens is 1. The lowest BCUT2D eigenvalue weighted by molar-refractivity contribution is -0.0379. The zero-order valence-corrected chi connectivity index (χ0v) is 15.9. The lowest BCUT2D eigenvalue weighted by Gasteiger charge is -2.16. The smallest absolute Gasteiger partial charge is 0.337 e. The summed E-state index contributed by atoms with van der Waals surface area (Å²) in [5.41, 5.74) is 0.683. The minimum Gasteiger partial charge on any atom is -0.481 e. The van der Waals surface area contributed by atoms with Crippen LogP contribution in [0.1, 0.15) is 16.1 Å². The number of pyridine rings is 1. The molecule has 138 valence electrons. The van der Waals surface area contributed by atoms with Crippen molar-refractivity contribution in [2.24, 2.45) is 0 Å². The first-order valence-corrected chi connectivity index (χ1v) is 8.23. The fourth-order valence-electron chi connectivity index (χ4n) is 1.98. The molecular weight excluding hydrogens is 409 g/mol. The Morgan fingerprint density at radius 1 is 1.15 bits per heavy atom. The molecule has 8 heteroatoms. The molecule has 1 aromatic heterocycles. The van der Waals surface area contributed by atoms with Crippen molar-refractivity contribution in [2.45, 2.75) is 6.29 Å². The van der Waals surface area contributed by atoms with Crippen LogP contribution in [0.3, 0.4) is 0 Å². The van der Waals surface area contributed by atoms with Gasteiger partial charge in [0, 0.05) is 23.7 Å². The minimum atomic E-state index is -1.28. The van der Waals surface area contributed by atoms with Gasteiger partial charge in [0.2, 0.25) is 5.88 Å². The Bertz CT molecular complexity index is 795. The molecule has 0 N–H and O–H groups in total. The maximum atomic E-state index is 14.6. The third-order valence-electron chi connectivity index (χ3n) is 3.29. The molecule has 1 heterocycles. The van der Waals surface area contributed by atoms with Gasteiger partial charge in [-0.15, -0.1) is 0 Å². The predicted molar refractivity (Wildman–Crippen MR) is 96.8 cm³/mol. The summed E-state index contributed by atoms with van der Waals surface area (Å²) in [7, 11) is 4.08. The average molecular weight is 426 g/mol. The van der Waals surface area contributed by atoms with Gasteiger partial charge in [0.25, 0.3) is 6.29 Å². The van der Waals surface area contributed by atoms with Crippen LogP contribution in [-0.2, 0) is 9.47 Å². The zero-order chi connectivity index (χ0) is 19.1. The van der Waals surface area contributed by atoms with Gasteiger partial charge >= 0.3 is 5.97 Å². The van der Waals surface area contributed by atoms with Gasteiger partial charge in [-0.2, -0.15) is 0 Å². The molecule has 1 unspecified atom stereocenters. The number of carbonyl (C=O) groups excluding carboxylic acids is 1. The minimum absolute atomic E-state index is 0.325. The number of hydrogen-bond donors (Lipinski definition) is 0. The Kier molecular flexibility index (Phi) is 7.11. The monoisotopic (exact) mass is 425 g/mol. The van der Waals surface area contributed by atoms with Crippen molar-refractivity contribution in [1.29, 1.82) is 0 Å². The van der Waals surface area contributed by atoms with Crippen LogP contribution >= 0.6 is 15.9 Å². The molecule has 0 saturated carbocycles. The van der Waals surface area contributed by atoms with E-state index < -0.39 is 18.1 Å². The predicted octanol–water partition coefficient (Wildman–Crippen LogP) is 4.00. The van der Waals surface area contributed by atoms with Crippen molar-refractivity contribution < 1.29 is 28.1 Å². The molecule has 2 aromatic rings. The number of ether oxygens (including phenoxy) is 4. The third kappa shape index (κ3) is 5.03. The Morgan fingerprint density at radius 3 is 2.42 bits per heavy atom. The van der Waals surface area contributed by atoms with Gasteiger partial charge in [0.05, 0.1) is 25.5 Å². The maximum absolute atomic E-state index is 14.6. The molecule has 0 fully saturated rings. The molecule has 0 spiro atoms. The highest BCUT2D eigenvalue weighted by molar-refractivity contribution is 9.10. The third-order valence-corrected chi connectivity index (χ3v) is 3.96. The number of methoxy groups -OCH3 is 3. The Balaban J connectivity index is 2.18. The van der Waals surface area contributed by atoms with E-state index in [0.29, 0.717) is 27.4 Å². The van der Waals surface area contributed by atoms with Crippen LogP contribution < -0.4 is 9.47 Å². The van der Waals surface area contributed by atoms with Gasteiger partial charge in [0.1, 0.15) is 5.75 Å². The zero-order valence-electron chi connectivity index (χ0n) is 14.4. The second-order valence-corrected chi connectivity index (χ2v) is 5.81. The quantitative estimate of drug-likeness (QED) is 0.493. The van der Waals surface area contributed by atoms with Gasteiger partial charge in [0.15, 0.2) is 5.83 Å². The van der Waals surface area contributed by atoms with Gasteiger partial charge in [-0.25, -0.2) is 14.2 Å². The maximum Gasteiger partial charge on any atom is 0.337 e. The Morgan fingerprint density at radius 2 is 1.85 bits per heavy atom. The highest BCUT2D eigenvalue weighted by Gasteiger charge is 2.17. The highest BCUT2D eigenvalue weighted by Crippen LogP contribution is 2.24. The standard InChI is InChI=1S/C18H17BrFNO5/c1-23-16-9-8-13(19)15(21-16)10-14(20)18(25-3)26-12-6-4-11(5-7-12)17(22)24-2/h4-10,18H,1-3H3/b14-10-. The number of hydrogen-bond acceptors (Lipinski definition) is 6. The van der Waals surface area contributed by atoms with E-state index in [1.165, 1.54) is 51.7 Å². The number of halogens is 2. The van der Waals surface area contributed by atoms with E-state index in [2.05, 4.69) is 25.7 Å². The van der Waals surface area contributed by atoms with Gasteiger partial charge in [-0.1, -0.05) is 0 Å². The summed E-state index contributed by atoms with van der Waals surface area (Å²) in [6.45, 7) is 0. The van der Waals surface area contributed by atoms with E-state index in [9.17, 15) is 9.18 Å².